The molecule has 50 valence electrons. The smallest absolute Gasteiger partial charge is 0.238 e. The Labute approximate surface area is 66.9 Å². The van der Waals surface area contributed by atoms with Gasteiger partial charge in [-0.2, -0.15) is 0 Å². The lowest BCUT2D eigenvalue weighted by Gasteiger charge is -2.16. The highest BCUT2D eigenvalue weighted by atomic mass is 127. The first-order valence-corrected chi connectivity index (χ1v) is 3.70. The molecule has 1 aliphatic heterocycles. The van der Waals surface area contributed by atoms with Crippen LogP contribution in [0.4, 0.5) is 0 Å². The number of halogens is 1. The minimum atomic E-state index is -0.0631. The predicted molar refractivity (Wildman–Crippen MR) is 39.7 cm³/mol. The fraction of sp³-hybridized carbons (Fsp3) is 0.600. The molecule has 1 aliphatic rings. The van der Waals surface area contributed by atoms with E-state index < -0.39 is 0 Å². The molecule has 1 fully saturated rings. The quantitative estimate of drug-likeness (QED) is 0.357. The van der Waals surface area contributed by atoms with Gasteiger partial charge >= 0.3 is 0 Å². The van der Waals surface area contributed by atoms with Crippen LogP contribution < -0.4 is 0 Å². The van der Waals surface area contributed by atoms with Crippen LogP contribution in [-0.2, 0) is 9.59 Å². The van der Waals surface area contributed by atoms with Gasteiger partial charge in [0, 0.05) is 12.8 Å². The Morgan fingerprint density at radius 3 is 2.00 bits per heavy atom. The van der Waals surface area contributed by atoms with E-state index >= 15 is 0 Å². The molecule has 3 nitrogen and oxygen atoms in total. The van der Waals surface area contributed by atoms with E-state index in [0.717, 1.165) is 6.42 Å². The predicted octanol–water partition coefficient (Wildman–Crippen LogP) is 0.876. The Bertz CT molecular complexity index is 141. The van der Waals surface area contributed by atoms with Crippen molar-refractivity contribution in [1.29, 1.82) is 0 Å². The Balaban J connectivity index is 2.62. The van der Waals surface area contributed by atoms with Gasteiger partial charge in [0.2, 0.25) is 11.8 Å². The van der Waals surface area contributed by atoms with Gasteiger partial charge < -0.3 is 0 Å². The lowest BCUT2D eigenvalue weighted by molar-refractivity contribution is -0.139. The van der Waals surface area contributed by atoms with E-state index in [1.54, 1.807) is 22.9 Å². The number of hydrogen-bond acceptors (Lipinski definition) is 2. The second-order valence-corrected chi connectivity index (χ2v) is 2.89. The molecule has 0 saturated carbocycles. The molecule has 0 bridgehead atoms. The zero-order chi connectivity index (χ0) is 6.85. The van der Waals surface area contributed by atoms with E-state index in [9.17, 15) is 9.59 Å². The molecule has 0 atom stereocenters. The van der Waals surface area contributed by atoms with Gasteiger partial charge in [-0.1, -0.05) is 0 Å². The number of carbonyl (C=O) groups excluding carboxylic acids is 2. The number of piperidine rings is 1. The normalized spacial score (nSPS) is 20.8. The Kier molecular flexibility index (Phi) is 2.05. The first-order valence-electron chi connectivity index (χ1n) is 2.73. The minimum Gasteiger partial charge on any atom is -0.274 e. The maximum atomic E-state index is 10.7. The Hall–Kier alpha value is -0.130. The fourth-order valence-electron chi connectivity index (χ4n) is 0.726. The third kappa shape index (κ3) is 1.41. The first kappa shape index (κ1) is 6.98. The number of imide groups is 1. The van der Waals surface area contributed by atoms with Crippen molar-refractivity contribution in [3.05, 3.63) is 0 Å². The molecule has 0 N–H and O–H groups in total. The second kappa shape index (κ2) is 2.64. The van der Waals surface area contributed by atoms with E-state index in [1.165, 1.54) is 3.11 Å². The number of hydrogen-bond donors (Lipinski definition) is 0. The van der Waals surface area contributed by atoms with Crippen LogP contribution in [0, 0.1) is 0 Å². The molecule has 0 unspecified atom stereocenters. The summed E-state index contributed by atoms with van der Waals surface area (Å²) in [5.41, 5.74) is 0. The third-order valence-corrected chi connectivity index (χ3v) is 2.30. The lowest BCUT2D eigenvalue weighted by atomic mass is 10.1. The van der Waals surface area contributed by atoms with E-state index in [-0.39, 0.29) is 11.8 Å². The van der Waals surface area contributed by atoms with Crippen LogP contribution in [0.1, 0.15) is 19.3 Å². The summed E-state index contributed by atoms with van der Waals surface area (Å²) in [5.74, 6) is -0.126. The Morgan fingerprint density at radius 2 is 1.67 bits per heavy atom. The Morgan fingerprint density at radius 1 is 1.22 bits per heavy atom. The zero-order valence-corrected chi connectivity index (χ0v) is 6.92. The summed E-state index contributed by atoms with van der Waals surface area (Å²) >= 11 is 1.74. The van der Waals surface area contributed by atoms with Crippen molar-refractivity contribution in [2.75, 3.05) is 0 Å². The summed E-state index contributed by atoms with van der Waals surface area (Å²) in [4.78, 5) is 21.4. The van der Waals surface area contributed by atoms with Gasteiger partial charge in [-0.15, -0.1) is 0 Å². The van der Waals surface area contributed by atoms with E-state index in [2.05, 4.69) is 0 Å². The molecule has 0 aromatic heterocycles. The standard InChI is InChI=1S/C5H6INO2/c6-7-4(8)2-1-3-5(7)9/h1-3H2. The van der Waals surface area contributed by atoms with Crippen molar-refractivity contribution >= 4 is 34.7 Å². The summed E-state index contributed by atoms with van der Waals surface area (Å²) in [6.45, 7) is 0. The van der Waals surface area contributed by atoms with E-state index in [1.807, 2.05) is 0 Å². The van der Waals surface area contributed by atoms with Crippen LogP contribution in [0.2, 0.25) is 0 Å². The van der Waals surface area contributed by atoms with Crippen molar-refractivity contribution in [3.8, 4) is 0 Å². The van der Waals surface area contributed by atoms with Crippen molar-refractivity contribution in [3.63, 3.8) is 0 Å². The minimum absolute atomic E-state index is 0.0631. The van der Waals surface area contributed by atoms with Gasteiger partial charge in [0.1, 0.15) is 0 Å². The molecule has 0 spiro atoms. The highest BCUT2D eigenvalue weighted by Gasteiger charge is 2.22. The number of amides is 2. The van der Waals surface area contributed by atoms with Crippen LogP contribution in [-0.4, -0.2) is 14.9 Å². The topological polar surface area (TPSA) is 37.4 Å². The molecule has 0 aromatic carbocycles. The van der Waals surface area contributed by atoms with Crippen LogP contribution in [0.3, 0.4) is 0 Å². The highest BCUT2D eigenvalue weighted by molar-refractivity contribution is 14.1. The van der Waals surface area contributed by atoms with Gasteiger partial charge in [0.05, 0.1) is 22.9 Å². The van der Waals surface area contributed by atoms with Gasteiger partial charge in [0.25, 0.3) is 0 Å². The lowest BCUT2D eigenvalue weighted by Crippen LogP contribution is -2.31. The number of carbonyl (C=O) groups is 2. The van der Waals surface area contributed by atoms with Gasteiger partial charge in [-0.3, -0.25) is 9.59 Å². The van der Waals surface area contributed by atoms with Gasteiger partial charge in [0.15, 0.2) is 0 Å². The summed E-state index contributed by atoms with van der Waals surface area (Å²) in [6.07, 6.45) is 1.76. The van der Waals surface area contributed by atoms with Crippen molar-refractivity contribution < 1.29 is 9.59 Å². The maximum absolute atomic E-state index is 10.7. The van der Waals surface area contributed by atoms with Crippen LogP contribution in [0.5, 0.6) is 0 Å². The molecule has 4 heteroatoms. The van der Waals surface area contributed by atoms with E-state index in [0.29, 0.717) is 12.8 Å². The van der Waals surface area contributed by atoms with Crippen LogP contribution in [0.15, 0.2) is 0 Å². The van der Waals surface area contributed by atoms with Crippen LogP contribution in [0.25, 0.3) is 0 Å². The molecule has 0 aromatic rings. The molecule has 1 heterocycles. The largest absolute Gasteiger partial charge is 0.274 e. The molecule has 0 radical (unpaired) electrons. The summed E-state index contributed by atoms with van der Waals surface area (Å²) in [7, 11) is 0. The average molecular weight is 239 g/mol. The van der Waals surface area contributed by atoms with Crippen LogP contribution >= 0.6 is 22.9 Å². The molecule has 2 amide bonds. The van der Waals surface area contributed by atoms with Crippen molar-refractivity contribution in [1.82, 2.24) is 3.11 Å². The number of nitrogens with zero attached hydrogens (tertiary/aromatic N) is 1. The SMILES string of the molecule is O=C1CCCC(=O)N1I. The first-order chi connectivity index (χ1) is 4.22. The molecular formula is C5H6INO2. The van der Waals surface area contributed by atoms with Gasteiger partial charge in [-0.05, 0) is 6.42 Å². The number of rotatable bonds is 0. The summed E-state index contributed by atoms with van der Waals surface area (Å²) in [6, 6.07) is 0. The van der Waals surface area contributed by atoms with Crippen molar-refractivity contribution in [2.24, 2.45) is 0 Å². The zero-order valence-electron chi connectivity index (χ0n) is 4.76. The van der Waals surface area contributed by atoms with E-state index in [4.69, 9.17) is 0 Å². The molecule has 0 aliphatic carbocycles. The van der Waals surface area contributed by atoms with Crippen molar-refractivity contribution in [2.45, 2.75) is 19.3 Å². The molecule has 1 rings (SSSR count). The monoisotopic (exact) mass is 239 g/mol. The molecule has 9 heavy (non-hydrogen) atoms. The fourth-order valence-corrected chi connectivity index (χ4v) is 1.21. The highest BCUT2D eigenvalue weighted by Crippen LogP contribution is 2.15. The molecular weight excluding hydrogens is 233 g/mol. The average Bonchev–Trinajstić information content (AvgIpc) is 1.83. The second-order valence-electron chi connectivity index (χ2n) is 1.92. The summed E-state index contributed by atoms with van der Waals surface area (Å²) in [5, 5.41) is 0. The third-order valence-electron chi connectivity index (χ3n) is 1.22. The summed E-state index contributed by atoms with van der Waals surface area (Å²) < 4.78 is 1.17. The molecule has 1 saturated heterocycles. The maximum Gasteiger partial charge on any atom is 0.238 e. The van der Waals surface area contributed by atoms with Gasteiger partial charge in [-0.25, -0.2) is 3.11 Å².